The van der Waals surface area contributed by atoms with Crippen LogP contribution >= 0.6 is 0 Å². The maximum absolute atomic E-state index is 12.7. The molecule has 0 aliphatic carbocycles. The third-order valence-electron chi connectivity index (χ3n) is 5.29. The van der Waals surface area contributed by atoms with Crippen LogP contribution in [0.25, 0.3) is 0 Å². The number of nitrogens with one attached hydrogen (secondary N) is 3. The van der Waals surface area contributed by atoms with E-state index in [9.17, 15) is 14.4 Å². The largest absolute Gasteiger partial charge is 0.480 e. The van der Waals surface area contributed by atoms with Gasteiger partial charge in [-0.05, 0) is 87.4 Å². The van der Waals surface area contributed by atoms with Crippen LogP contribution in [0.2, 0.25) is 0 Å². The number of ether oxygens (including phenoxy) is 1. The summed E-state index contributed by atoms with van der Waals surface area (Å²) in [6.07, 6.45) is -0.124. The molecule has 1 unspecified atom stereocenters. The molecule has 3 N–H and O–H groups in total. The zero-order chi connectivity index (χ0) is 24.7. The van der Waals surface area contributed by atoms with E-state index in [-0.39, 0.29) is 17.6 Å². The van der Waals surface area contributed by atoms with Crippen molar-refractivity contribution in [3.8, 4) is 5.75 Å². The highest BCUT2D eigenvalue weighted by molar-refractivity contribution is 5.97. The Morgan fingerprint density at radius 3 is 2.06 bits per heavy atom. The highest BCUT2D eigenvalue weighted by atomic mass is 16.5. The van der Waals surface area contributed by atoms with E-state index < -0.39 is 6.10 Å². The molecule has 3 rings (SSSR count). The van der Waals surface area contributed by atoms with Gasteiger partial charge in [-0.3, -0.25) is 25.2 Å². The minimum atomic E-state index is -0.636. The second kappa shape index (κ2) is 11.1. The molecule has 176 valence electrons. The third kappa shape index (κ3) is 6.45. The summed E-state index contributed by atoms with van der Waals surface area (Å²) in [6, 6.07) is 19.2. The number of hydrogen-bond donors (Lipinski definition) is 3. The fourth-order valence-electron chi connectivity index (χ4n) is 3.32. The van der Waals surface area contributed by atoms with Crippen molar-refractivity contribution < 1.29 is 19.1 Å². The number of carbonyl (C=O) groups is 3. The number of hydrogen-bond acceptors (Lipinski definition) is 5. The molecule has 7 nitrogen and oxygen atoms in total. The van der Waals surface area contributed by atoms with E-state index in [2.05, 4.69) is 16.2 Å². The van der Waals surface area contributed by atoms with Crippen LogP contribution in [-0.2, 0) is 4.79 Å². The van der Waals surface area contributed by atoms with Gasteiger partial charge in [-0.1, -0.05) is 24.6 Å². The fourth-order valence-corrected chi connectivity index (χ4v) is 3.32. The molecular formula is C27H29N3O4. The average molecular weight is 460 g/mol. The lowest BCUT2D eigenvalue weighted by Gasteiger charge is -2.19. The Balaban J connectivity index is 1.55. The van der Waals surface area contributed by atoms with Crippen LogP contribution in [-0.4, -0.2) is 23.7 Å². The van der Waals surface area contributed by atoms with E-state index in [4.69, 9.17) is 4.74 Å². The monoisotopic (exact) mass is 459 g/mol. The van der Waals surface area contributed by atoms with Crippen LogP contribution in [0.15, 0.2) is 66.7 Å². The van der Waals surface area contributed by atoms with Gasteiger partial charge in [0.25, 0.3) is 11.8 Å². The predicted molar refractivity (Wildman–Crippen MR) is 133 cm³/mol. The number of anilines is 2. The Morgan fingerprint density at radius 2 is 1.47 bits per heavy atom. The molecule has 0 fully saturated rings. The van der Waals surface area contributed by atoms with Gasteiger partial charge < -0.3 is 10.1 Å². The minimum absolute atomic E-state index is 0.0233. The van der Waals surface area contributed by atoms with E-state index >= 15 is 0 Å². The van der Waals surface area contributed by atoms with Crippen molar-refractivity contribution in [2.75, 3.05) is 10.7 Å². The standard InChI is InChI=1S/C27H29N3O4/c1-5-24(34-25-15-6-17(2)16-18(25)3)27(33)28-22-11-9-21(10-12-22)26(32)30-29-23-13-7-20(8-14-23)19(4)31/h6-16,24,29H,5H2,1-4H3,(H,28,33)(H,30,32). The van der Waals surface area contributed by atoms with Crippen LogP contribution < -0.4 is 20.9 Å². The highest BCUT2D eigenvalue weighted by Gasteiger charge is 2.19. The first kappa shape index (κ1) is 24.5. The summed E-state index contributed by atoms with van der Waals surface area (Å²) in [5, 5.41) is 2.84. The quantitative estimate of drug-likeness (QED) is 0.307. The van der Waals surface area contributed by atoms with Gasteiger partial charge in [0.2, 0.25) is 0 Å². The Hall–Kier alpha value is -4.13. The summed E-state index contributed by atoms with van der Waals surface area (Å²) >= 11 is 0. The first-order chi connectivity index (χ1) is 16.3. The van der Waals surface area contributed by atoms with Crippen LogP contribution in [0, 0.1) is 13.8 Å². The number of ketones is 1. The molecule has 2 amide bonds. The molecule has 7 heteroatoms. The summed E-state index contributed by atoms with van der Waals surface area (Å²) in [5.41, 5.74) is 9.76. The maximum Gasteiger partial charge on any atom is 0.269 e. The van der Waals surface area contributed by atoms with Gasteiger partial charge >= 0.3 is 0 Å². The molecule has 3 aromatic rings. The lowest BCUT2D eigenvalue weighted by Crippen LogP contribution is -2.32. The van der Waals surface area contributed by atoms with Crippen molar-refractivity contribution in [3.05, 3.63) is 89.0 Å². The predicted octanol–water partition coefficient (Wildman–Crippen LogP) is 5.06. The topological polar surface area (TPSA) is 96.5 Å². The molecule has 0 radical (unpaired) electrons. The number of amides is 2. The van der Waals surface area contributed by atoms with Gasteiger partial charge in [0, 0.05) is 16.8 Å². The van der Waals surface area contributed by atoms with E-state index in [1.807, 2.05) is 39.0 Å². The molecule has 0 bridgehead atoms. The molecule has 1 atom stereocenters. The zero-order valence-electron chi connectivity index (χ0n) is 19.8. The maximum atomic E-state index is 12.7. The Bertz CT molecular complexity index is 1170. The van der Waals surface area contributed by atoms with Gasteiger partial charge in [-0.25, -0.2) is 0 Å². The molecule has 0 heterocycles. The molecule has 0 aliphatic rings. The third-order valence-corrected chi connectivity index (χ3v) is 5.29. The Morgan fingerprint density at radius 1 is 0.853 bits per heavy atom. The molecule has 0 spiro atoms. The van der Waals surface area contributed by atoms with Crippen LogP contribution in [0.5, 0.6) is 5.75 Å². The van der Waals surface area contributed by atoms with Crippen molar-refractivity contribution in [2.45, 2.75) is 40.2 Å². The van der Waals surface area contributed by atoms with Crippen molar-refractivity contribution in [1.82, 2.24) is 5.43 Å². The van der Waals surface area contributed by atoms with Crippen LogP contribution in [0.1, 0.15) is 52.1 Å². The molecule has 0 saturated heterocycles. The summed E-state index contributed by atoms with van der Waals surface area (Å²) < 4.78 is 5.94. The van der Waals surface area contributed by atoms with Gasteiger partial charge in [0.15, 0.2) is 11.9 Å². The first-order valence-corrected chi connectivity index (χ1v) is 11.1. The zero-order valence-corrected chi connectivity index (χ0v) is 19.8. The lowest BCUT2D eigenvalue weighted by molar-refractivity contribution is -0.122. The van der Waals surface area contributed by atoms with Crippen molar-refractivity contribution in [1.29, 1.82) is 0 Å². The van der Waals surface area contributed by atoms with Gasteiger partial charge in [0.05, 0.1) is 5.69 Å². The van der Waals surface area contributed by atoms with Crippen LogP contribution in [0.3, 0.4) is 0 Å². The normalized spacial score (nSPS) is 11.3. The second-order valence-electron chi connectivity index (χ2n) is 8.06. The van der Waals surface area contributed by atoms with Gasteiger partial charge in [-0.2, -0.15) is 0 Å². The highest BCUT2D eigenvalue weighted by Crippen LogP contribution is 2.21. The second-order valence-corrected chi connectivity index (χ2v) is 8.06. The van der Waals surface area contributed by atoms with E-state index in [1.54, 1.807) is 48.5 Å². The molecule has 3 aromatic carbocycles. The summed E-state index contributed by atoms with van der Waals surface area (Å²) in [7, 11) is 0. The number of rotatable bonds is 9. The molecule has 0 aromatic heterocycles. The molecular weight excluding hydrogens is 430 g/mol. The number of benzene rings is 3. The Labute approximate surface area is 199 Å². The summed E-state index contributed by atoms with van der Waals surface area (Å²) in [6.45, 7) is 7.35. The average Bonchev–Trinajstić information content (AvgIpc) is 2.82. The number of aryl methyl sites for hydroxylation is 2. The summed E-state index contributed by atoms with van der Waals surface area (Å²) in [4.78, 5) is 36.5. The van der Waals surface area contributed by atoms with Crippen molar-refractivity contribution >= 4 is 29.0 Å². The number of Topliss-reactive ketones (excluding diaryl/α,β-unsaturated/α-hetero) is 1. The van der Waals surface area contributed by atoms with Crippen molar-refractivity contribution in [3.63, 3.8) is 0 Å². The van der Waals surface area contributed by atoms with Crippen LogP contribution in [0.4, 0.5) is 11.4 Å². The number of carbonyl (C=O) groups excluding carboxylic acids is 3. The molecule has 0 saturated carbocycles. The Kier molecular flexibility index (Phi) is 8.03. The fraction of sp³-hybridized carbons (Fsp3) is 0.222. The SMILES string of the molecule is CCC(Oc1ccc(C)cc1C)C(=O)Nc1ccc(C(=O)NNc2ccc(C(C)=O)cc2)cc1. The van der Waals surface area contributed by atoms with Gasteiger partial charge in [-0.15, -0.1) is 0 Å². The summed E-state index contributed by atoms with van der Waals surface area (Å²) in [5.74, 6) is 0.0707. The van der Waals surface area contributed by atoms with E-state index in [0.717, 1.165) is 11.1 Å². The van der Waals surface area contributed by atoms with Crippen molar-refractivity contribution in [2.24, 2.45) is 0 Å². The number of hydrazine groups is 1. The molecule has 34 heavy (non-hydrogen) atoms. The first-order valence-electron chi connectivity index (χ1n) is 11.1. The van der Waals surface area contributed by atoms with E-state index in [1.165, 1.54) is 6.92 Å². The lowest BCUT2D eigenvalue weighted by atomic mass is 10.1. The minimum Gasteiger partial charge on any atom is -0.480 e. The smallest absolute Gasteiger partial charge is 0.269 e. The van der Waals surface area contributed by atoms with E-state index in [0.29, 0.717) is 34.7 Å². The molecule has 0 aliphatic heterocycles. The van der Waals surface area contributed by atoms with Gasteiger partial charge in [0.1, 0.15) is 5.75 Å².